The highest BCUT2D eigenvalue weighted by atomic mass is 16.6. The van der Waals surface area contributed by atoms with Crippen LogP contribution in [0.1, 0.15) is 37.8 Å². The second-order valence-electron chi connectivity index (χ2n) is 6.88. The molecule has 1 amide bonds. The second kappa shape index (κ2) is 7.56. The third-order valence-electron chi connectivity index (χ3n) is 4.87. The molecule has 25 heavy (non-hydrogen) atoms. The minimum absolute atomic E-state index is 0.0779. The van der Waals surface area contributed by atoms with E-state index in [4.69, 9.17) is 4.74 Å². The van der Waals surface area contributed by atoms with Crippen molar-refractivity contribution in [1.82, 2.24) is 4.90 Å². The topological polar surface area (TPSA) is 29.5 Å². The summed E-state index contributed by atoms with van der Waals surface area (Å²) in [6, 6.07) is 20.7. The smallest absolute Gasteiger partial charge is 0.414 e. The van der Waals surface area contributed by atoms with Crippen molar-refractivity contribution in [3.63, 3.8) is 0 Å². The Morgan fingerprint density at radius 1 is 1.04 bits per heavy atom. The first-order chi connectivity index (χ1) is 12.1. The second-order valence-corrected chi connectivity index (χ2v) is 6.88. The number of benzene rings is 2. The molecule has 1 saturated heterocycles. The minimum Gasteiger partial charge on any atom is -0.447 e. The van der Waals surface area contributed by atoms with E-state index in [0.717, 1.165) is 11.1 Å². The van der Waals surface area contributed by atoms with Gasteiger partial charge in [0.1, 0.15) is 6.61 Å². The van der Waals surface area contributed by atoms with Crippen LogP contribution in [0.25, 0.3) is 5.57 Å². The number of carbonyl (C=O) groups is 1. The molecule has 0 aromatic heterocycles. The van der Waals surface area contributed by atoms with Crippen LogP contribution in [0.4, 0.5) is 4.79 Å². The maximum atomic E-state index is 12.3. The van der Waals surface area contributed by atoms with E-state index in [2.05, 4.69) is 57.2 Å². The molecule has 3 nitrogen and oxygen atoms in total. The number of nitrogens with zero attached hydrogens (tertiary/aromatic N) is 1. The molecule has 130 valence electrons. The molecule has 0 bridgehead atoms. The van der Waals surface area contributed by atoms with Crippen LogP contribution < -0.4 is 0 Å². The molecule has 0 spiro atoms. The summed E-state index contributed by atoms with van der Waals surface area (Å²) in [7, 11) is 0. The predicted molar refractivity (Wildman–Crippen MR) is 101 cm³/mol. The first kappa shape index (κ1) is 17.3. The lowest BCUT2D eigenvalue weighted by Gasteiger charge is -2.25. The molecular weight excluding hydrogens is 310 g/mol. The van der Waals surface area contributed by atoms with Crippen LogP contribution in [0.3, 0.4) is 0 Å². The zero-order valence-corrected chi connectivity index (χ0v) is 15.1. The van der Waals surface area contributed by atoms with Gasteiger partial charge in [0.15, 0.2) is 0 Å². The average Bonchev–Trinajstić information content (AvgIpc) is 3.01. The molecule has 3 rings (SSSR count). The predicted octanol–water partition coefficient (Wildman–Crippen LogP) is 5.31. The van der Waals surface area contributed by atoms with Gasteiger partial charge in [0.25, 0.3) is 0 Å². The van der Waals surface area contributed by atoms with E-state index in [1.807, 2.05) is 30.5 Å². The fourth-order valence-electron chi connectivity index (χ4n) is 3.25. The van der Waals surface area contributed by atoms with Gasteiger partial charge in [-0.1, -0.05) is 81.4 Å². The van der Waals surface area contributed by atoms with E-state index in [-0.39, 0.29) is 18.1 Å². The highest BCUT2D eigenvalue weighted by Gasteiger charge is 2.34. The van der Waals surface area contributed by atoms with Gasteiger partial charge in [-0.25, -0.2) is 4.79 Å². The molecule has 1 aliphatic heterocycles. The molecule has 2 atom stereocenters. The van der Waals surface area contributed by atoms with Gasteiger partial charge in [-0.3, -0.25) is 4.90 Å². The van der Waals surface area contributed by atoms with Gasteiger partial charge in [-0.15, -0.1) is 0 Å². The van der Waals surface area contributed by atoms with Crippen molar-refractivity contribution in [2.75, 3.05) is 6.61 Å². The number of allylic oxidation sites excluding steroid dienone is 1. The van der Waals surface area contributed by atoms with Gasteiger partial charge in [-0.2, -0.15) is 0 Å². The molecule has 2 aromatic carbocycles. The molecule has 0 unspecified atom stereocenters. The number of cyclic esters (lactones) is 1. The lowest BCUT2D eigenvalue weighted by molar-refractivity contribution is 0.166. The van der Waals surface area contributed by atoms with Crippen molar-refractivity contribution in [2.45, 2.75) is 32.7 Å². The normalized spacial score (nSPS) is 19.2. The number of ether oxygens (including phenoxy) is 1. The molecule has 0 N–H and O–H groups in total. The fraction of sp³-hybridized carbons (Fsp3) is 0.318. The Kier molecular flexibility index (Phi) is 5.22. The maximum Gasteiger partial charge on any atom is 0.414 e. The lowest BCUT2D eigenvalue weighted by atomic mass is 9.88. The number of carbonyl (C=O) groups excluding carboxylic acids is 1. The minimum atomic E-state index is -0.257. The zero-order valence-electron chi connectivity index (χ0n) is 15.1. The number of hydrogen-bond acceptors (Lipinski definition) is 2. The number of hydrogen-bond donors (Lipinski definition) is 0. The lowest BCUT2D eigenvalue weighted by Crippen LogP contribution is -2.33. The van der Waals surface area contributed by atoms with Crippen LogP contribution >= 0.6 is 0 Å². The van der Waals surface area contributed by atoms with Crippen LogP contribution in [0.2, 0.25) is 0 Å². The van der Waals surface area contributed by atoms with Crippen LogP contribution in [-0.2, 0) is 4.74 Å². The fourth-order valence-corrected chi connectivity index (χ4v) is 3.25. The SMILES string of the molecule is CC(C)[C@@H]1COC(=O)N1/C=C(\c1ccccc1)[C@@H](C)c1ccccc1. The van der Waals surface area contributed by atoms with Gasteiger partial charge in [0.2, 0.25) is 0 Å². The molecule has 1 aliphatic rings. The van der Waals surface area contributed by atoms with E-state index in [1.165, 1.54) is 5.56 Å². The van der Waals surface area contributed by atoms with Gasteiger partial charge in [0, 0.05) is 12.1 Å². The molecule has 1 fully saturated rings. The van der Waals surface area contributed by atoms with Crippen molar-refractivity contribution in [3.8, 4) is 0 Å². The third kappa shape index (κ3) is 3.76. The van der Waals surface area contributed by atoms with Crippen LogP contribution in [0.5, 0.6) is 0 Å². The summed E-state index contributed by atoms with van der Waals surface area (Å²) in [5, 5.41) is 0. The molecule has 0 aliphatic carbocycles. The summed E-state index contributed by atoms with van der Waals surface area (Å²) in [5.41, 5.74) is 3.48. The maximum absolute atomic E-state index is 12.3. The summed E-state index contributed by atoms with van der Waals surface area (Å²) in [6.45, 7) is 6.88. The summed E-state index contributed by atoms with van der Waals surface area (Å²) < 4.78 is 5.30. The van der Waals surface area contributed by atoms with E-state index in [1.54, 1.807) is 4.90 Å². The summed E-state index contributed by atoms with van der Waals surface area (Å²) >= 11 is 0. The zero-order chi connectivity index (χ0) is 17.8. The van der Waals surface area contributed by atoms with Crippen molar-refractivity contribution in [3.05, 3.63) is 78.0 Å². The quantitative estimate of drug-likeness (QED) is 0.741. The Balaban J connectivity index is 2.03. The monoisotopic (exact) mass is 335 g/mol. The number of amides is 1. The average molecular weight is 335 g/mol. The van der Waals surface area contributed by atoms with Crippen molar-refractivity contribution in [2.24, 2.45) is 5.92 Å². The van der Waals surface area contributed by atoms with Crippen molar-refractivity contribution < 1.29 is 9.53 Å². The summed E-state index contributed by atoms with van der Waals surface area (Å²) in [4.78, 5) is 14.0. The Morgan fingerprint density at radius 3 is 2.24 bits per heavy atom. The molecule has 1 heterocycles. The van der Waals surface area contributed by atoms with Crippen LogP contribution in [-0.4, -0.2) is 23.6 Å². The van der Waals surface area contributed by atoms with E-state index < -0.39 is 0 Å². The van der Waals surface area contributed by atoms with Gasteiger partial charge < -0.3 is 4.74 Å². The van der Waals surface area contributed by atoms with Gasteiger partial charge >= 0.3 is 6.09 Å². The third-order valence-corrected chi connectivity index (χ3v) is 4.87. The molecule has 0 saturated carbocycles. The van der Waals surface area contributed by atoms with Gasteiger partial charge in [-0.05, 0) is 22.6 Å². The van der Waals surface area contributed by atoms with Crippen LogP contribution in [0.15, 0.2) is 66.9 Å². The highest BCUT2D eigenvalue weighted by Crippen LogP contribution is 2.33. The largest absolute Gasteiger partial charge is 0.447 e. The molecule has 3 heteroatoms. The summed E-state index contributed by atoms with van der Waals surface area (Å²) in [5.74, 6) is 0.511. The standard InChI is InChI=1S/C22H25NO2/c1-16(2)21-15-25-22(24)23(21)14-20(19-12-8-5-9-13-19)17(3)18-10-6-4-7-11-18/h4-14,16-17,21H,15H2,1-3H3/b20-14-/t17-,21-/m0/s1. The highest BCUT2D eigenvalue weighted by molar-refractivity contribution is 5.77. The Bertz CT molecular complexity index is 737. The van der Waals surface area contributed by atoms with Crippen molar-refractivity contribution >= 4 is 11.7 Å². The van der Waals surface area contributed by atoms with E-state index in [9.17, 15) is 4.79 Å². The van der Waals surface area contributed by atoms with E-state index in [0.29, 0.717) is 12.5 Å². The molecule has 2 aromatic rings. The van der Waals surface area contributed by atoms with Crippen LogP contribution in [0, 0.1) is 5.92 Å². The Hall–Kier alpha value is -2.55. The first-order valence-corrected chi connectivity index (χ1v) is 8.85. The Morgan fingerprint density at radius 2 is 1.64 bits per heavy atom. The first-order valence-electron chi connectivity index (χ1n) is 8.85. The van der Waals surface area contributed by atoms with Gasteiger partial charge in [0.05, 0.1) is 6.04 Å². The summed E-state index contributed by atoms with van der Waals surface area (Å²) in [6.07, 6.45) is 1.74. The number of rotatable bonds is 5. The van der Waals surface area contributed by atoms with Crippen molar-refractivity contribution in [1.29, 1.82) is 0 Å². The van der Waals surface area contributed by atoms with E-state index >= 15 is 0 Å². The molecule has 0 radical (unpaired) electrons. The molecular formula is C22H25NO2. The Labute approximate surface area is 149 Å².